The molecule has 5 nitrogen and oxygen atoms in total. The first-order valence-corrected chi connectivity index (χ1v) is 8.41. The van der Waals surface area contributed by atoms with E-state index in [-0.39, 0.29) is 6.04 Å². The maximum atomic E-state index is 5.51. The normalized spacial score (nSPS) is 21.9. The quantitative estimate of drug-likeness (QED) is 0.598. The molecule has 0 heterocycles. The minimum absolute atomic E-state index is 0.179. The van der Waals surface area contributed by atoms with Crippen molar-refractivity contribution in [2.24, 2.45) is 10.9 Å². The van der Waals surface area contributed by atoms with Crippen LogP contribution < -0.4 is 15.4 Å². The van der Waals surface area contributed by atoms with Gasteiger partial charge in [0.25, 0.3) is 0 Å². The second kappa shape index (κ2) is 8.20. The Morgan fingerprint density at radius 1 is 1.39 bits per heavy atom. The Balaban J connectivity index is 2.12. The molecule has 0 radical (unpaired) electrons. The minimum Gasteiger partial charge on any atom is -0.496 e. The van der Waals surface area contributed by atoms with Gasteiger partial charge in [-0.05, 0) is 39.4 Å². The summed E-state index contributed by atoms with van der Waals surface area (Å²) >= 11 is 0. The zero-order valence-corrected chi connectivity index (χ0v) is 15.0. The van der Waals surface area contributed by atoms with Gasteiger partial charge < -0.3 is 20.3 Å². The van der Waals surface area contributed by atoms with E-state index in [1.807, 2.05) is 18.2 Å². The third-order valence-corrected chi connectivity index (χ3v) is 4.32. The van der Waals surface area contributed by atoms with Crippen LogP contribution in [0, 0.1) is 5.92 Å². The molecule has 1 aromatic carbocycles. The molecule has 23 heavy (non-hydrogen) atoms. The Kier molecular flexibility index (Phi) is 6.28. The number of aliphatic imine (C=N–C) groups is 1. The topological polar surface area (TPSA) is 48.9 Å². The van der Waals surface area contributed by atoms with Crippen LogP contribution in [0.5, 0.6) is 5.75 Å². The van der Waals surface area contributed by atoms with Crippen LogP contribution in [-0.4, -0.2) is 51.2 Å². The fraction of sp³-hybridized carbons (Fsp3) is 0.611. The maximum Gasteiger partial charge on any atom is 0.191 e. The smallest absolute Gasteiger partial charge is 0.191 e. The monoisotopic (exact) mass is 318 g/mol. The summed E-state index contributed by atoms with van der Waals surface area (Å²) in [6.07, 6.45) is 1.23. The van der Waals surface area contributed by atoms with E-state index in [1.54, 1.807) is 7.11 Å². The van der Waals surface area contributed by atoms with Crippen molar-refractivity contribution in [1.29, 1.82) is 0 Å². The number of nitrogens with one attached hydrogen (secondary N) is 2. The third kappa shape index (κ3) is 4.86. The minimum atomic E-state index is 0.179. The highest BCUT2D eigenvalue weighted by atomic mass is 16.5. The van der Waals surface area contributed by atoms with Crippen LogP contribution in [0.4, 0.5) is 0 Å². The molecule has 1 saturated carbocycles. The predicted molar refractivity (Wildman–Crippen MR) is 96.1 cm³/mol. The van der Waals surface area contributed by atoms with Crippen LogP contribution in [0.1, 0.15) is 31.9 Å². The highest BCUT2D eigenvalue weighted by Crippen LogP contribution is 2.29. The van der Waals surface area contributed by atoms with Crippen molar-refractivity contribution >= 4 is 5.96 Å². The van der Waals surface area contributed by atoms with Crippen molar-refractivity contribution in [3.63, 3.8) is 0 Å². The van der Waals surface area contributed by atoms with E-state index in [0.29, 0.717) is 12.6 Å². The Morgan fingerprint density at radius 3 is 2.65 bits per heavy atom. The van der Waals surface area contributed by atoms with Crippen LogP contribution >= 0.6 is 0 Å². The Morgan fingerprint density at radius 2 is 2.09 bits per heavy atom. The zero-order valence-electron chi connectivity index (χ0n) is 15.0. The van der Waals surface area contributed by atoms with E-state index in [2.05, 4.69) is 49.5 Å². The van der Waals surface area contributed by atoms with Gasteiger partial charge in [-0.1, -0.05) is 25.1 Å². The molecule has 1 aliphatic rings. The summed E-state index contributed by atoms with van der Waals surface area (Å²) < 4.78 is 5.51. The number of methoxy groups -OCH3 is 1. The van der Waals surface area contributed by atoms with Crippen molar-refractivity contribution in [3.05, 3.63) is 29.8 Å². The second-order valence-electron chi connectivity index (χ2n) is 6.40. The molecule has 3 unspecified atom stereocenters. The van der Waals surface area contributed by atoms with E-state index in [1.165, 1.54) is 12.0 Å². The predicted octanol–water partition coefficient (Wildman–Crippen LogP) is 2.26. The molecule has 1 aliphatic carbocycles. The molecule has 2 N–H and O–H groups in total. The molecule has 0 spiro atoms. The zero-order chi connectivity index (χ0) is 16.8. The van der Waals surface area contributed by atoms with Gasteiger partial charge in [0.1, 0.15) is 5.75 Å². The number of benzene rings is 1. The lowest BCUT2D eigenvalue weighted by atomic mass is 10.0. The van der Waals surface area contributed by atoms with Gasteiger partial charge in [0.15, 0.2) is 5.96 Å². The molecule has 1 aromatic rings. The van der Waals surface area contributed by atoms with Gasteiger partial charge in [-0.25, -0.2) is 0 Å². The number of ether oxygens (including phenoxy) is 1. The summed E-state index contributed by atoms with van der Waals surface area (Å²) in [4.78, 5) is 6.98. The van der Waals surface area contributed by atoms with Gasteiger partial charge in [-0.2, -0.15) is 0 Å². The van der Waals surface area contributed by atoms with Crippen LogP contribution in [0.2, 0.25) is 0 Å². The molecule has 2 rings (SSSR count). The van der Waals surface area contributed by atoms with Gasteiger partial charge in [0, 0.05) is 18.2 Å². The van der Waals surface area contributed by atoms with E-state index < -0.39 is 0 Å². The second-order valence-corrected chi connectivity index (χ2v) is 6.40. The Bertz CT molecular complexity index is 530. The van der Waals surface area contributed by atoms with Crippen molar-refractivity contribution < 1.29 is 4.74 Å². The van der Waals surface area contributed by atoms with Crippen molar-refractivity contribution in [3.8, 4) is 5.75 Å². The largest absolute Gasteiger partial charge is 0.496 e. The molecule has 0 bridgehead atoms. The van der Waals surface area contributed by atoms with Crippen molar-refractivity contribution in [1.82, 2.24) is 15.5 Å². The van der Waals surface area contributed by atoms with Gasteiger partial charge in [0.2, 0.25) is 0 Å². The number of guanidine groups is 1. The van der Waals surface area contributed by atoms with Crippen LogP contribution in [-0.2, 0) is 0 Å². The molecule has 0 aromatic heterocycles. The van der Waals surface area contributed by atoms with E-state index in [9.17, 15) is 0 Å². The summed E-state index contributed by atoms with van der Waals surface area (Å²) in [6, 6.07) is 8.91. The fourth-order valence-corrected chi connectivity index (χ4v) is 2.68. The highest BCUT2D eigenvalue weighted by Gasteiger charge is 2.33. The van der Waals surface area contributed by atoms with Crippen molar-refractivity contribution in [2.75, 3.05) is 34.3 Å². The maximum absolute atomic E-state index is 5.51. The molecule has 5 heteroatoms. The van der Waals surface area contributed by atoms with Gasteiger partial charge in [-0.15, -0.1) is 0 Å². The number of para-hydroxylation sites is 1. The molecule has 0 aliphatic heterocycles. The summed E-state index contributed by atoms with van der Waals surface area (Å²) in [5.74, 6) is 2.57. The Hall–Kier alpha value is -1.75. The first-order valence-electron chi connectivity index (χ1n) is 8.41. The Labute approximate surface area is 140 Å². The summed E-state index contributed by atoms with van der Waals surface area (Å²) in [7, 11) is 5.88. The lowest BCUT2D eigenvalue weighted by molar-refractivity contribution is 0.295. The molecule has 0 saturated heterocycles. The first kappa shape index (κ1) is 17.6. The third-order valence-electron chi connectivity index (χ3n) is 4.32. The van der Waals surface area contributed by atoms with Crippen LogP contribution in [0.25, 0.3) is 0 Å². The summed E-state index contributed by atoms with van der Waals surface area (Å²) in [5, 5.41) is 6.84. The number of likely N-dealkylation sites (N-methyl/N-ethyl adjacent to an activating group) is 1. The lowest BCUT2D eigenvalue weighted by Crippen LogP contribution is -2.39. The number of nitrogens with zero attached hydrogens (tertiary/aromatic N) is 2. The molecule has 1 fully saturated rings. The standard InChI is InChI=1S/C18H30N4O/c1-6-19-18(21-15-11-13(15)2)20-12-16(22(3)4)14-9-7-8-10-17(14)23-5/h7-10,13,15-16H,6,11-12H2,1-5H3,(H2,19,20,21). The SMILES string of the molecule is CCNC(=NCC(c1ccccc1OC)N(C)C)NC1CC1C. The first-order chi connectivity index (χ1) is 11.1. The number of hydrogen-bond donors (Lipinski definition) is 2. The van der Waals surface area contributed by atoms with Gasteiger partial charge in [0.05, 0.1) is 19.7 Å². The van der Waals surface area contributed by atoms with Crippen molar-refractivity contribution in [2.45, 2.75) is 32.4 Å². The number of hydrogen-bond acceptors (Lipinski definition) is 3. The average molecular weight is 318 g/mol. The van der Waals surface area contributed by atoms with Crippen LogP contribution in [0.15, 0.2) is 29.3 Å². The molecular weight excluding hydrogens is 288 g/mol. The summed E-state index contributed by atoms with van der Waals surface area (Å²) in [6.45, 7) is 5.91. The molecule has 128 valence electrons. The van der Waals surface area contributed by atoms with Gasteiger partial charge in [-0.3, -0.25) is 4.99 Å². The van der Waals surface area contributed by atoms with Gasteiger partial charge >= 0.3 is 0 Å². The highest BCUT2D eigenvalue weighted by molar-refractivity contribution is 5.80. The van der Waals surface area contributed by atoms with Crippen LogP contribution in [0.3, 0.4) is 0 Å². The van der Waals surface area contributed by atoms with E-state index >= 15 is 0 Å². The number of rotatable bonds is 7. The fourth-order valence-electron chi connectivity index (χ4n) is 2.68. The average Bonchev–Trinajstić information content (AvgIpc) is 3.22. The summed E-state index contributed by atoms with van der Waals surface area (Å²) in [5.41, 5.74) is 1.17. The van der Waals surface area contributed by atoms with E-state index in [0.717, 1.165) is 24.2 Å². The molecule has 0 amide bonds. The molecular formula is C18H30N4O. The van der Waals surface area contributed by atoms with E-state index in [4.69, 9.17) is 9.73 Å². The molecule has 3 atom stereocenters. The lowest BCUT2D eigenvalue weighted by Gasteiger charge is -2.25.